The third-order valence-corrected chi connectivity index (χ3v) is 3.91. The van der Waals surface area contributed by atoms with E-state index in [9.17, 15) is 0 Å². The Hall–Kier alpha value is -1.98. The summed E-state index contributed by atoms with van der Waals surface area (Å²) in [6.07, 6.45) is 0. The molecule has 0 fully saturated rings. The number of hydrogen-bond acceptors (Lipinski definition) is 5. The van der Waals surface area contributed by atoms with Crippen LogP contribution in [0.15, 0.2) is 52.4 Å². The normalized spacial score (nSPS) is 12.8. The molecule has 0 aliphatic carbocycles. The van der Waals surface area contributed by atoms with Crippen LogP contribution >= 0.6 is 11.3 Å². The van der Waals surface area contributed by atoms with E-state index in [0.717, 1.165) is 10.4 Å². The molecule has 0 spiro atoms. The standard InChI is InChI=1S/C15H15N3OS/c1-18(2)13(11-7-4-3-5-8-11)15-16-14(17-19-15)12-9-6-10-20-12/h3-10,13H,1-2H3. The van der Waals surface area contributed by atoms with Crippen LogP contribution in [-0.2, 0) is 0 Å². The summed E-state index contributed by atoms with van der Waals surface area (Å²) < 4.78 is 5.47. The van der Waals surface area contributed by atoms with Crippen LogP contribution in [0.4, 0.5) is 0 Å². The fourth-order valence-corrected chi connectivity index (χ4v) is 2.80. The highest BCUT2D eigenvalue weighted by atomic mass is 32.1. The average molecular weight is 285 g/mol. The molecule has 0 saturated carbocycles. The van der Waals surface area contributed by atoms with Gasteiger partial charge in [-0.1, -0.05) is 41.6 Å². The summed E-state index contributed by atoms with van der Waals surface area (Å²) in [5.41, 5.74) is 1.14. The molecule has 4 nitrogen and oxygen atoms in total. The van der Waals surface area contributed by atoms with Gasteiger partial charge in [0.25, 0.3) is 0 Å². The van der Waals surface area contributed by atoms with Crippen molar-refractivity contribution in [3.8, 4) is 10.7 Å². The lowest BCUT2D eigenvalue weighted by atomic mass is 10.1. The summed E-state index contributed by atoms with van der Waals surface area (Å²) in [5, 5.41) is 6.09. The topological polar surface area (TPSA) is 42.2 Å². The van der Waals surface area contributed by atoms with Gasteiger partial charge in [0.05, 0.1) is 4.88 Å². The number of nitrogens with zero attached hydrogens (tertiary/aromatic N) is 3. The van der Waals surface area contributed by atoms with Crippen molar-refractivity contribution in [2.75, 3.05) is 14.1 Å². The van der Waals surface area contributed by atoms with Gasteiger partial charge in [-0.3, -0.25) is 4.90 Å². The lowest BCUT2D eigenvalue weighted by Crippen LogP contribution is -2.21. The van der Waals surface area contributed by atoms with Gasteiger partial charge in [0, 0.05) is 0 Å². The molecular formula is C15H15N3OS. The van der Waals surface area contributed by atoms with Crippen molar-refractivity contribution < 1.29 is 4.52 Å². The highest BCUT2D eigenvalue weighted by Crippen LogP contribution is 2.28. The number of benzene rings is 1. The van der Waals surface area contributed by atoms with E-state index in [1.165, 1.54) is 0 Å². The smallest absolute Gasteiger partial charge is 0.248 e. The molecule has 5 heteroatoms. The maximum Gasteiger partial charge on any atom is 0.248 e. The Labute approximate surface area is 121 Å². The molecule has 1 atom stereocenters. The minimum atomic E-state index is -0.0302. The van der Waals surface area contributed by atoms with E-state index in [-0.39, 0.29) is 6.04 Å². The first kappa shape index (κ1) is 13.0. The molecule has 20 heavy (non-hydrogen) atoms. The van der Waals surface area contributed by atoms with Gasteiger partial charge in [0.15, 0.2) is 0 Å². The van der Waals surface area contributed by atoms with Crippen molar-refractivity contribution in [3.63, 3.8) is 0 Å². The third-order valence-electron chi connectivity index (χ3n) is 3.05. The zero-order valence-electron chi connectivity index (χ0n) is 11.4. The van der Waals surface area contributed by atoms with E-state index in [4.69, 9.17) is 4.52 Å². The van der Waals surface area contributed by atoms with Gasteiger partial charge < -0.3 is 4.52 Å². The van der Waals surface area contributed by atoms with Crippen LogP contribution < -0.4 is 0 Å². The van der Waals surface area contributed by atoms with Crippen LogP contribution in [0.25, 0.3) is 10.7 Å². The number of aromatic nitrogens is 2. The van der Waals surface area contributed by atoms with E-state index in [1.54, 1.807) is 11.3 Å². The first-order chi connectivity index (χ1) is 9.75. The van der Waals surface area contributed by atoms with E-state index in [2.05, 4.69) is 27.2 Å². The SMILES string of the molecule is CN(C)C(c1ccccc1)c1nc(-c2cccs2)no1. The second kappa shape index (κ2) is 5.56. The Kier molecular flexibility index (Phi) is 3.62. The van der Waals surface area contributed by atoms with Crippen LogP contribution in [0.3, 0.4) is 0 Å². The highest BCUT2D eigenvalue weighted by molar-refractivity contribution is 7.13. The molecule has 0 saturated heterocycles. The molecule has 102 valence electrons. The third kappa shape index (κ3) is 2.50. The lowest BCUT2D eigenvalue weighted by Gasteiger charge is -2.20. The molecule has 2 heterocycles. The van der Waals surface area contributed by atoms with Crippen LogP contribution in [0, 0.1) is 0 Å². The van der Waals surface area contributed by atoms with Gasteiger partial charge in [-0.15, -0.1) is 11.3 Å². The van der Waals surface area contributed by atoms with Gasteiger partial charge in [-0.2, -0.15) is 4.98 Å². The van der Waals surface area contributed by atoms with Crippen LogP contribution in [0.5, 0.6) is 0 Å². The molecule has 2 aromatic heterocycles. The lowest BCUT2D eigenvalue weighted by molar-refractivity contribution is 0.261. The summed E-state index contributed by atoms with van der Waals surface area (Å²) in [6, 6.07) is 14.1. The average Bonchev–Trinajstić information content (AvgIpc) is 3.10. The summed E-state index contributed by atoms with van der Waals surface area (Å²) in [4.78, 5) is 7.63. The fraction of sp³-hybridized carbons (Fsp3) is 0.200. The Morgan fingerprint density at radius 1 is 1.10 bits per heavy atom. The van der Waals surface area contributed by atoms with E-state index in [1.807, 2.05) is 49.8 Å². The molecule has 3 aromatic rings. The van der Waals surface area contributed by atoms with Gasteiger partial charge >= 0.3 is 0 Å². The van der Waals surface area contributed by atoms with Crippen molar-refractivity contribution in [1.29, 1.82) is 0 Å². The van der Waals surface area contributed by atoms with Crippen molar-refractivity contribution >= 4 is 11.3 Å². The molecule has 0 bridgehead atoms. The summed E-state index contributed by atoms with van der Waals surface area (Å²) in [5.74, 6) is 1.27. The predicted octanol–water partition coefficient (Wildman–Crippen LogP) is 3.45. The van der Waals surface area contributed by atoms with Crippen molar-refractivity contribution in [3.05, 3.63) is 59.3 Å². The van der Waals surface area contributed by atoms with Gasteiger partial charge in [0.1, 0.15) is 6.04 Å². The predicted molar refractivity (Wildman–Crippen MR) is 79.6 cm³/mol. The molecule has 0 aliphatic heterocycles. The van der Waals surface area contributed by atoms with Gasteiger partial charge in [-0.25, -0.2) is 0 Å². The van der Waals surface area contributed by atoms with Crippen LogP contribution in [-0.4, -0.2) is 29.1 Å². The molecule has 0 aliphatic rings. The molecule has 0 N–H and O–H groups in total. The quantitative estimate of drug-likeness (QED) is 0.736. The number of hydrogen-bond donors (Lipinski definition) is 0. The fourth-order valence-electron chi connectivity index (χ4n) is 2.15. The molecule has 0 radical (unpaired) electrons. The second-order valence-electron chi connectivity index (χ2n) is 4.71. The van der Waals surface area contributed by atoms with Gasteiger partial charge in [0.2, 0.25) is 11.7 Å². The first-order valence-corrected chi connectivity index (χ1v) is 7.22. The molecule has 1 unspecified atom stereocenters. The zero-order chi connectivity index (χ0) is 13.9. The van der Waals surface area contributed by atoms with E-state index < -0.39 is 0 Å². The van der Waals surface area contributed by atoms with Crippen molar-refractivity contribution in [1.82, 2.24) is 15.0 Å². The molecule has 3 rings (SSSR count). The monoisotopic (exact) mass is 285 g/mol. The highest BCUT2D eigenvalue weighted by Gasteiger charge is 2.23. The van der Waals surface area contributed by atoms with E-state index in [0.29, 0.717) is 11.7 Å². The molecule has 1 aromatic carbocycles. The van der Waals surface area contributed by atoms with E-state index >= 15 is 0 Å². The molecule has 0 amide bonds. The summed E-state index contributed by atoms with van der Waals surface area (Å²) >= 11 is 1.61. The number of rotatable bonds is 4. The summed E-state index contributed by atoms with van der Waals surface area (Å²) in [7, 11) is 4.01. The Morgan fingerprint density at radius 2 is 1.90 bits per heavy atom. The van der Waals surface area contributed by atoms with Crippen LogP contribution in [0.2, 0.25) is 0 Å². The maximum absolute atomic E-state index is 5.47. The maximum atomic E-state index is 5.47. The molecular weight excluding hydrogens is 270 g/mol. The largest absolute Gasteiger partial charge is 0.337 e. The Balaban J connectivity index is 1.97. The second-order valence-corrected chi connectivity index (χ2v) is 5.66. The van der Waals surface area contributed by atoms with Crippen molar-refractivity contribution in [2.45, 2.75) is 6.04 Å². The zero-order valence-corrected chi connectivity index (χ0v) is 12.2. The van der Waals surface area contributed by atoms with Crippen molar-refractivity contribution in [2.24, 2.45) is 0 Å². The Morgan fingerprint density at radius 3 is 2.55 bits per heavy atom. The van der Waals surface area contributed by atoms with Gasteiger partial charge in [-0.05, 0) is 31.1 Å². The minimum absolute atomic E-state index is 0.0302. The summed E-state index contributed by atoms with van der Waals surface area (Å²) in [6.45, 7) is 0. The minimum Gasteiger partial charge on any atom is -0.337 e. The first-order valence-electron chi connectivity index (χ1n) is 6.34. The number of thiophene rings is 1. The van der Waals surface area contributed by atoms with Crippen LogP contribution in [0.1, 0.15) is 17.5 Å². The Bertz CT molecular complexity index is 662.